The second-order valence-corrected chi connectivity index (χ2v) is 5.41. The molecule has 0 aromatic heterocycles. The monoisotopic (exact) mass is 222 g/mol. The van der Waals surface area contributed by atoms with Gasteiger partial charge in [0.25, 0.3) is 0 Å². The number of unbranched alkanes of at least 4 members (excludes halogenated alkanes) is 2. The van der Waals surface area contributed by atoms with Gasteiger partial charge in [-0.15, -0.1) is 0 Å². The van der Waals surface area contributed by atoms with E-state index in [1.54, 1.807) is 0 Å². The second-order valence-electron chi connectivity index (χ2n) is 3.27. The van der Waals surface area contributed by atoms with Crippen LogP contribution < -0.4 is 11.1 Å². The molecule has 5 nitrogen and oxygen atoms in total. The first-order valence-corrected chi connectivity index (χ1v) is 6.66. The number of hydrogen-bond donors (Lipinski definition) is 2. The molecule has 0 rings (SSSR count). The summed E-state index contributed by atoms with van der Waals surface area (Å²) < 4.78 is 21.4. The fourth-order valence-corrected chi connectivity index (χ4v) is 1.54. The highest BCUT2D eigenvalue weighted by Crippen LogP contribution is 1.91. The normalized spacial score (nSPS) is 11.3. The van der Waals surface area contributed by atoms with Crippen molar-refractivity contribution in [2.45, 2.75) is 19.3 Å². The number of amides is 1. The van der Waals surface area contributed by atoms with Gasteiger partial charge in [-0.1, -0.05) is 6.42 Å². The molecule has 0 aliphatic heterocycles. The van der Waals surface area contributed by atoms with Crippen molar-refractivity contribution in [1.29, 1.82) is 0 Å². The number of carbonyl (C=O) groups excluding carboxylic acids is 1. The van der Waals surface area contributed by atoms with E-state index in [4.69, 9.17) is 5.73 Å². The van der Waals surface area contributed by atoms with E-state index in [9.17, 15) is 13.2 Å². The highest BCUT2D eigenvalue weighted by molar-refractivity contribution is 7.91. The highest BCUT2D eigenvalue weighted by Gasteiger charge is 2.09. The zero-order chi connectivity index (χ0) is 11.0. The predicted octanol–water partition coefficient (Wildman–Crippen LogP) is -0.724. The SMILES string of the molecule is CS(=O)(=O)CC(=O)NCCCCCN. The summed E-state index contributed by atoms with van der Waals surface area (Å²) in [5.41, 5.74) is 5.29. The van der Waals surface area contributed by atoms with Crippen LogP contribution in [0, 0.1) is 0 Å². The van der Waals surface area contributed by atoms with Crippen molar-refractivity contribution in [3.05, 3.63) is 0 Å². The molecule has 0 aliphatic rings. The first-order chi connectivity index (χ1) is 6.45. The van der Waals surface area contributed by atoms with Crippen LogP contribution in [-0.4, -0.2) is 39.4 Å². The van der Waals surface area contributed by atoms with Crippen LogP contribution in [0.15, 0.2) is 0 Å². The van der Waals surface area contributed by atoms with Gasteiger partial charge in [-0.05, 0) is 19.4 Å². The Kier molecular flexibility index (Phi) is 6.48. The average Bonchev–Trinajstić information content (AvgIpc) is 2.00. The summed E-state index contributed by atoms with van der Waals surface area (Å²) in [4.78, 5) is 11.0. The summed E-state index contributed by atoms with van der Waals surface area (Å²) in [7, 11) is -3.20. The van der Waals surface area contributed by atoms with Gasteiger partial charge in [-0.25, -0.2) is 8.42 Å². The molecule has 0 saturated heterocycles. The second kappa shape index (κ2) is 6.78. The van der Waals surface area contributed by atoms with Gasteiger partial charge in [0, 0.05) is 12.8 Å². The van der Waals surface area contributed by atoms with Gasteiger partial charge in [0.05, 0.1) is 0 Å². The minimum Gasteiger partial charge on any atom is -0.355 e. The van der Waals surface area contributed by atoms with Crippen LogP contribution in [0.25, 0.3) is 0 Å². The summed E-state index contributed by atoms with van der Waals surface area (Å²) in [5, 5.41) is 2.54. The van der Waals surface area contributed by atoms with Crippen LogP contribution >= 0.6 is 0 Å². The molecule has 0 unspecified atom stereocenters. The third kappa shape index (κ3) is 9.47. The Balaban J connectivity index is 3.46. The van der Waals surface area contributed by atoms with E-state index < -0.39 is 21.5 Å². The zero-order valence-corrected chi connectivity index (χ0v) is 9.27. The van der Waals surface area contributed by atoms with E-state index in [-0.39, 0.29) is 0 Å². The third-order valence-corrected chi connectivity index (χ3v) is 2.38. The minimum atomic E-state index is -3.20. The Morgan fingerprint density at radius 1 is 1.29 bits per heavy atom. The van der Waals surface area contributed by atoms with Crippen molar-refractivity contribution in [2.24, 2.45) is 5.73 Å². The maximum Gasteiger partial charge on any atom is 0.235 e. The van der Waals surface area contributed by atoms with Gasteiger partial charge in [0.2, 0.25) is 5.91 Å². The number of carbonyl (C=O) groups is 1. The molecule has 0 fully saturated rings. The van der Waals surface area contributed by atoms with Crippen LogP contribution in [0.3, 0.4) is 0 Å². The van der Waals surface area contributed by atoms with Crippen molar-refractivity contribution >= 4 is 15.7 Å². The highest BCUT2D eigenvalue weighted by atomic mass is 32.2. The first kappa shape index (κ1) is 13.4. The van der Waals surface area contributed by atoms with Crippen molar-refractivity contribution < 1.29 is 13.2 Å². The Labute approximate surface area is 85.0 Å². The fraction of sp³-hybridized carbons (Fsp3) is 0.875. The molecule has 6 heteroatoms. The fourth-order valence-electron chi connectivity index (χ4n) is 0.963. The van der Waals surface area contributed by atoms with Crippen molar-refractivity contribution in [2.75, 3.05) is 25.1 Å². The van der Waals surface area contributed by atoms with E-state index in [1.807, 2.05) is 0 Å². The minimum absolute atomic E-state index is 0.427. The number of rotatable bonds is 7. The number of nitrogens with one attached hydrogen (secondary N) is 1. The summed E-state index contributed by atoms with van der Waals surface area (Å²) in [6.45, 7) is 1.17. The topological polar surface area (TPSA) is 89.3 Å². The van der Waals surface area contributed by atoms with Crippen LogP contribution in [0.5, 0.6) is 0 Å². The first-order valence-electron chi connectivity index (χ1n) is 4.60. The van der Waals surface area contributed by atoms with Crippen LogP contribution in [0.4, 0.5) is 0 Å². The van der Waals surface area contributed by atoms with E-state index in [2.05, 4.69) is 5.32 Å². The zero-order valence-electron chi connectivity index (χ0n) is 8.45. The number of nitrogens with two attached hydrogens (primary N) is 1. The summed E-state index contributed by atoms with van der Waals surface area (Å²) in [6, 6.07) is 0. The Morgan fingerprint density at radius 2 is 1.93 bits per heavy atom. The smallest absolute Gasteiger partial charge is 0.235 e. The Hall–Kier alpha value is -0.620. The van der Waals surface area contributed by atoms with E-state index in [0.29, 0.717) is 13.1 Å². The van der Waals surface area contributed by atoms with Gasteiger partial charge < -0.3 is 11.1 Å². The van der Waals surface area contributed by atoms with E-state index >= 15 is 0 Å². The Bertz CT molecular complexity index is 262. The van der Waals surface area contributed by atoms with Crippen LogP contribution in [-0.2, 0) is 14.6 Å². The molecule has 84 valence electrons. The molecule has 0 bridgehead atoms. The third-order valence-electron chi connectivity index (χ3n) is 1.60. The molecule has 0 aliphatic carbocycles. The maximum absolute atomic E-state index is 11.0. The van der Waals surface area contributed by atoms with E-state index in [1.165, 1.54) is 0 Å². The van der Waals surface area contributed by atoms with Gasteiger partial charge in [-0.2, -0.15) is 0 Å². The molecule has 0 saturated carbocycles. The lowest BCUT2D eigenvalue weighted by Crippen LogP contribution is -2.30. The van der Waals surface area contributed by atoms with Crippen molar-refractivity contribution in [3.8, 4) is 0 Å². The molecule has 3 N–H and O–H groups in total. The average molecular weight is 222 g/mol. The molecule has 0 heterocycles. The predicted molar refractivity (Wildman–Crippen MR) is 55.6 cm³/mol. The van der Waals surface area contributed by atoms with Gasteiger partial charge in [0.1, 0.15) is 5.75 Å². The van der Waals surface area contributed by atoms with Gasteiger partial charge >= 0.3 is 0 Å². The van der Waals surface area contributed by atoms with E-state index in [0.717, 1.165) is 25.5 Å². The molecule has 0 aromatic rings. The number of hydrogen-bond acceptors (Lipinski definition) is 4. The largest absolute Gasteiger partial charge is 0.355 e. The molecule has 1 amide bonds. The van der Waals surface area contributed by atoms with Crippen LogP contribution in [0.2, 0.25) is 0 Å². The molecule has 14 heavy (non-hydrogen) atoms. The molecule has 0 aromatic carbocycles. The van der Waals surface area contributed by atoms with Crippen LogP contribution in [0.1, 0.15) is 19.3 Å². The standard InChI is InChI=1S/C8H18N2O3S/c1-14(12,13)7-8(11)10-6-4-2-3-5-9/h2-7,9H2,1H3,(H,10,11). The number of sulfone groups is 1. The molecule has 0 radical (unpaired) electrons. The lowest BCUT2D eigenvalue weighted by Gasteiger charge is -2.03. The van der Waals surface area contributed by atoms with Crippen molar-refractivity contribution in [3.63, 3.8) is 0 Å². The molecule has 0 spiro atoms. The van der Waals surface area contributed by atoms with Gasteiger partial charge in [-0.3, -0.25) is 4.79 Å². The van der Waals surface area contributed by atoms with Crippen molar-refractivity contribution in [1.82, 2.24) is 5.32 Å². The summed E-state index contributed by atoms with van der Waals surface area (Å²) >= 11 is 0. The maximum atomic E-state index is 11.0. The lowest BCUT2D eigenvalue weighted by atomic mass is 10.2. The Morgan fingerprint density at radius 3 is 2.43 bits per heavy atom. The molecule has 0 atom stereocenters. The molecular weight excluding hydrogens is 204 g/mol. The summed E-state index contributed by atoms with van der Waals surface area (Å²) in [6.07, 6.45) is 3.77. The lowest BCUT2D eigenvalue weighted by molar-refractivity contribution is -0.118. The quantitative estimate of drug-likeness (QED) is 0.556. The molecular formula is C8H18N2O3S. The van der Waals surface area contributed by atoms with Gasteiger partial charge in [0.15, 0.2) is 9.84 Å². The summed E-state index contributed by atoms with van der Waals surface area (Å²) in [5.74, 6) is -0.857.